The second-order valence-electron chi connectivity index (χ2n) is 6.18. The average Bonchev–Trinajstić information content (AvgIpc) is 2.97. The molecule has 1 atom stereocenters. The highest BCUT2D eigenvalue weighted by atomic mass is 35.5. The van der Waals surface area contributed by atoms with Gasteiger partial charge in [-0.15, -0.1) is 0 Å². The van der Waals surface area contributed by atoms with Crippen molar-refractivity contribution in [2.24, 2.45) is 0 Å². The summed E-state index contributed by atoms with van der Waals surface area (Å²) in [5.74, 6) is 1.39. The molecule has 0 aliphatic rings. The van der Waals surface area contributed by atoms with E-state index < -0.39 is 0 Å². The number of rotatable bonds is 8. The molecule has 4 heteroatoms. The predicted molar refractivity (Wildman–Crippen MR) is 104 cm³/mol. The first kappa shape index (κ1) is 18.0. The molecule has 25 heavy (non-hydrogen) atoms. The first-order valence-corrected chi connectivity index (χ1v) is 9.40. The van der Waals surface area contributed by atoms with E-state index >= 15 is 0 Å². The van der Waals surface area contributed by atoms with Gasteiger partial charge in [0.1, 0.15) is 5.82 Å². The number of fused-ring (bicyclic) bond motifs is 1. The lowest BCUT2D eigenvalue weighted by Crippen LogP contribution is -2.11. The summed E-state index contributed by atoms with van der Waals surface area (Å²) >= 11 is 6.19. The van der Waals surface area contributed by atoms with Gasteiger partial charge >= 0.3 is 0 Å². The molecule has 0 bridgehead atoms. The molecule has 1 unspecified atom stereocenters. The molecule has 3 aromatic rings. The lowest BCUT2D eigenvalue weighted by molar-refractivity contribution is 0.141. The van der Waals surface area contributed by atoms with Crippen LogP contribution in [0.4, 0.5) is 0 Å². The molecule has 1 heterocycles. The fourth-order valence-corrected chi connectivity index (χ4v) is 3.51. The van der Waals surface area contributed by atoms with Crippen molar-refractivity contribution < 1.29 is 4.74 Å². The van der Waals surface area contributed by atoms with E-state index in [1.54, 1.807) is 0 Å². The SMILES string of the molecule is CCOCCCn1c(C(CC)c2ccccc2)nc2cc(Cl)ccc21. The zero-order valence-corrected chi connectivity index (χ0v) is 15.7. The van der Waals surface area contributed by atoms with Crippen LogP contribution in [0.25, 0.3) is 11.0 Å². The summed E-state index contributed by atoms with van der Waals surface area (Å²) in [4.78, 5) is 4.96. The molecule has 3 nitrogen and oxygen atoms in total. The summed E-state index contributed by atoms with van der Waals surface area (Å²) in [5.41, 5.74) is 3.41. The first-order valence-electron chi connectivity index (χ1n) is 9.03. The molecule has 2 aromatic carbocycles. The summed E-state index contributed by atoms with van der Waals surface area (Å²) < 4.78 is 7.86. The molecule has 0 radical (unpaired) electrons. The van der Waals surface area contributed by atoms with E-state index in [0.29, 0.717) is 0 Å². The van der Waals surface area contributed by atoms with Crippen molar-refractivity contribution in [1.82, 2.24) is 9.55 Å². The molecule has 0 aliphatic carbocycles. The standard InChI is InChI=1S/C21H25ClN2O/c1-3-18(16-9-6-5-7-10-16)21-23-19-15-17(22)11-12-20(19)24(21)13-8-14-25-4-2/h5-7,9-12,15,18H,3-4,8,13-14H2,1-2H3. The maximum atomic E-state index is 6.19. The molecule has 0 N–H and O–H groups in total. The molecule has 132 valence electrons. The van der Waals surface area contributed by atoms with Crippen LogP contribution < -0.4 is 0 Å². The molecule has 0 amide bonds. The number of ether oxygens (including phenoxy) is 1. The van der Waals surface area contributed by atoms with Crippen LogP contribution in [-0.4, -0.2) is 22.8 Å². The van der Waals surface area contributed by atoms with Gasteiger partial charge in [-0.1, -0.05) is 48.9 Å². The highest BCUT2D eigenvalue weighted by Crippen LogP contribution is 2.31. The molecular formula is C21H25ClN2O. The summed E-state index contributed by atoms with van der Waals surface area (Å²) in [6.45, 7) is 6.67. The number of hydrogen-bond donors (Lipinski definition) is 0. The third-order valence-electron chi connectivity index (χ3n) is 4.54. The predicted octanol–water partition coefficient (Wildman–Crippen LogP) is 5.66. The van der Waals surface area contributed by atoms with Gasteiger partial charge in [0.05, 0.1) is 11.0 Å². The van der Waals surface area contributed by atoms with E-state index in [-0.39, 0.29) is 5.92 Å². The van der Waals surface area contributed by atoms with Crippen molar-refractivity contribution in [3.8, 4) is 0 Å². The van der Waals surface area contributed by atoms with E-state index in [2.05, 4.69) is 47.9 Å². The third-order valence-corrected chi connectivity index (χ3v) is 4.77. The van der Waals surface area contributed by atoms with Gasteiger partial charge in [0, 0.05) is 30.7 Å². The topological polar surface area (TPSA) is 27.1 Å². The number of nitrogens with zero attached hydrogens (tertiary/aromatic N) is 2. The van der Waals surface area contributed by atoms with E-state index in [9.17, 15) is 0 Å². The smallest absolute Gasteiger partial charge is 0.117 e. The largest absolute Gasteiger partial charge is 0.382 e. The van der Waals surface area contributed by atoms with Crippen LogP contribution in [-0.2, 0) is 11.3 Å². The average molecular weight is 357 g/mol. The molecular weight excluding hydrogens is 332 g/mol. The van der Waals surface area contributed by atoms with Crippen LogP contribution in [0.5, 0.6) is 0 Å². The minimum Gasteiger partial charge on any atom is -0.382 e. The van der Waals surface area contributed by atoms with Gasteiger partial charge in [0.25, 0.3) is 0 Å². The van der Waals surface area contributed by atoms with Crippen molar-refractivity contribution in [1.29, 1.82) is 0 Å². The molecule has 0 aliphatic heterocycles. The Kier molecular flexibility index (Phi) is 6.11. The number of hydrogen-bond acceptors (Lipinski definition) is 2. The van der Waals surface area contributed by atoms with Crippen LogP contribution in [0.1, 0.15) is 44.0 Å². The van der Waals surface area contributed by atoms with Crippen molar-refractivity contribution in [3.63, 3.8) is 0 Å². The van der Waals surface area contributed by atoms with E-state index in [0.717, 1.165) is 54.5 Å². The Bertz CT molecular complexity index is 813. The van der Waals surface area contributed by atoms with Gasteiger partial charge in [0.2, 0.25) is 0 Å². The van der Waals surface area contributed by atoms with Crippen LogP contribution in [0, 0.1) is 0 Å². The fourth-order valence-electron chi connectivity index (χ4n) is 3.34. The second kappa shape index (κ2) is 8.50. The molecule has 0 saturated carbocycles. The Morgan fingerprint density at radius 3 is 2.64 bits per heavy atom. The van der Waals surface area contributed by atoms with Crippen molar-refractivity contribution in [2.45, 2.75) is 39.2 Å². The van der Waals surface area contributed by atoms with Crippen molar-refractivity contribution in [2.75, 3.05) is 13.2 Å². The molecule has 0 saturated heterocycles. The van der Waals surface area contributed by atoms with Crippen LogP contribution in [0.3, 0.4) is 0 Å². The highest BCUT2D eigenvalue weighted by Gasteiger charge is 2.20. The molecule has 0 fully saturated rings. The maximum absolute atomic E-state index is 6.19. The molecule has 0 spiro atoms. The number of aromatic nitrogens is 2. The normalized spacial score (nSPS) is 12.6. The second-order valence-corrected chi connectivity index (χ2v) is 6.61. The minimum absolute atomic E-state index is 0.277. The number of benzene rings is 2. The van der Waals surface area contributed by atoms with Crippen LogP contribution >= 0.6 is 11.6 Å². The van der Waals surface area contributed by atoms with E-state index in [4.69, 9.17) is 21.3 Å². The minimum atomic E-state index is 0.277. The summed E-state index contributed by atoms with van der Waals surface area (Å²) in [5, 5.41) is 0.728. The Labute approximate surface area is 154 Å². The van der Waals surface area contributed by atoms with Gasteiger partial charge in [-0.3, -0.25) is 0 Å². The quantitative estimate of drug-likeness (QED) is 0.487. The van der Waals surface area contributed by atoms with Gasteiger partial charge in [-0.25, -0.2) is 4.98 Å². The maximum Gasteiger partial charge on any atom is 0.117 e. The lowest BCUT2D eigenvalue weighted by Gasteiger charge is -2.18. The van der Waals surface area contributed by atoms with Gasteiger partial charge < -0.3 is 9.30 Å². The Morgan fingerprint density at radius 1 is 1.12 bits per heavy atom. The third kappa shape index (κ3) is 4.05. The van der Waals surface area contributed by atoms with E-state index in [1.807, 2.05) is 19.1 Å². The number of aryl methyl sites for hydroxylation is 1. The summed E-state index contributed by atoms with van der Waals surface area (Å²) in [6, 6.07) is 16.6. The van der Waals surface area contributed by atoms with Crippen LogP contribution in [0.15, 0.2) is 48.5 Å². The van der Waals surface area contributed by atoms with Crippen molar-refractivity contribution in [3.05, 3.63) is 64.9 Å². The number of halogens is 1. The summed E-state index contributed by atoms with van der Waals surface area (Å²) in [6.07, 6.45) is 1.98. The first-order chi connectivity index (χ1) is 12.2. The van der Waals surface area contributed by atoms with Gasteiger partial charge in [-0.2, -0.15) is 0 Å². The Balaban J connectivity index is 2.02. The monoisotopic (exact) mass is 356 g/mol. The van der Waals surface area contributed by atoms with Gasteiger partial charge in [0.15, 0.2) is 0 Å². The van der Waals surface area contributed by atoms with Gasteiger partial charge in [-0.05, 0) is 43.5 Å². The highest BCUT2D eigenvalue weighted by molar-refractivity contribution is 6.31. The zero-order chi connectivity index (χ0) is 17.6. The summed E-state index contributed by atoms with van der Waals surface area (Å²) in [7, 11) is 0. The fraction of sp³-hybridized carbons (Fsp3) is 0.381. The molecule has 3 rings (SSSR count). The number of imidazole rings is 1. The van der Waals surface area contributed by atoms with E-state index in [1.165, 1.54) is 5.56 Å². The Morgan fingerprint density at radius 2 is 1.92 bits per heavy atom. The van der Waals surface area contributed by atoms with Crippen molar-refractivity contribution >= 4 is 22.6 Å². The zero-order valence-electron chi connectivity index (χ0n) is 14.9. The lowest BCUT2D eigenvalue weighted by atomic mass is 9.95. The molecule has 1 aromatic heterocycles. The van der Waals surface area contributed by atoms with Crippen LogP contribution in [0.2, 0.25) is 5.02 Å². The Hall–Kier alpha value is -1.84.